The second-order valence-electron chi connectivity index (χ2n) is 7.99. The molecule has 6 nitrogen and oxygen atoms in total. The third-order valence-electron chi connectivity index (χ3n) is 6.21. The third-order valence-corrected chi connectivity index (χ3v) is 6.21. The average Bonchev–Trinajstić information content (AvgIpc) is 2.72. The zero-order valence-electron chi connectivity index (χ0n) is 17.4. The van der Waals surface area contributed by atoms with Crippen molar-refractivity contribution in [2.24, 2.45) is 11.8 Å². The van der Waals surface area contributed by atoms with Gasteiger partial charge >= 0.3 is 0 Å². The molecule has 2 aromatic rings. The quantitative estimate of drug-likeness (QED) is 0.658. The summed E-state index contributed by atoms with van der Waals surface area (Å²) >= 11 is 0. The summed E-state index contributed by atoms with van der Waals surface area (Å²) in [5.41, 5.74) is 1.87. The van der Waals surface area contributed by atoms with E-state index in [1.807, 2.05) is 38.1 Å². The van der Waals surface area contributed by atoms with E-state index in [9.17, 15) is 15.0 Å². The summed E-state index contributed by atoms with van der Waals surface area (Å²) in [7, 11) is 0. The number of benzene rings is 2. The van der Waals surface area contributed by atoms with E-state index in [2.05, 4.69) is 5.32 Å². The lowest BCUT2D eigenvalue weighted by atomic mass is 9.67. The first kappa shape index (κ1) is 20.5. The van der Waals surface area contributed by atoms with E-state index in [-0.39, 0.29) is 41.2 Å². The number of Topliss-reactive ketones (excluding diaryl/α,β-unsaturated/α-hetero) is 1. The highest BCUT2D eigenvalue weighted by molar-refractivity contribution is 5.87. The third kappa shape index (κ3) is 3.72. The van der Waals surface area contributed by atoms with E-state index in [0.29, 0.717) is 24.7 Å². The topological polar surface area (TPSA) is 88.0 Å². The van der Waals surface area contributed by atoms with Crippen LogP contribution in [0, 0.1) is 11.8 Å². The number of ether oxygens (including phenoxy) is 2. The van der Waals surface area contributed by atoms with Gasteiger partial charge in [0.1, 0.15) is 5.78 Å². The number of piperidine rings is 1. The predicted octanol–water partition coefficient (Wildman–Crippen LogP) is 4.27. The van der Waals surface area contributed by atoms with Crippen LogP contribution >= 0.6 is 0 Å². The van der Waals surface area contributed by atoms with Gasteiger partial charge in [-0.2, -0.15) is 0 Å². The Morgan fingerprint density at radius 1 is 0.867 bits per heavy atom. The van der Waals surface area contributed by atoms with Crippen molar-refractivity contribution in [3.05, 3.63) is 47.5 Å². The van der Waals surface area contributed by atoms with E-state index in [0.717, 1.165) is 30.4 Å². The van der Waals surface area contributed by atoms with Crippen LogP contribution in [0.2, 0.25) is 0 Å². The fourth-order valence-corrected chi connectivity index (χ4v) is 4.85. The summed E-state index contributed by atoms with van der Waals surface area (Å²) in [6, 6.07) is 10.3. The molecular formula is C24H29NO5. The van der Waals surface area contributed by atoms with E-state index in [1.165, 1.54) is 0 Å². The highest BCUT2D eigenvalue weighted by Crippen LogP contribution is 2.47. The largest absolute Gasteiger partial charge is 0.504 e. The highest BCUT2D eigenvalue weighted by atomic mass is 16.5. The van der Waals surface area contributed by atoms with Crippen LogP contribution in [-0.4, -0.2) is 29.2 Å². The van der Waals surface area contributed by atoms with Crippen molar-refractivity contribution in [3.8, 4) is 23.0 Å². The minimum Gasteiger partial charge on any atom is -0.504 e. The molecule has 0 amide bonds. The van der Waals surface area contributed by atoms with Crippen LogP contribution < -0.4 is 14.8 Å². The summed E-state index contributed by atoms with van der Waals surface area (Å²) in [6.45, 7) is 4.65. The molecule has 4 rings (SSSR count). The SMILES string of the molecule is CCOc1cc([C@H]2N[C@@H](c3ccc(O)c(OCC)c3)[C@H]3CCC[C@@H]2C3=O)ccc1O. The van der Waals surface area contributed by atoms with Gasteiger partial charge < -0.3 is 25.0 Å². The first-order chi connectivity index (χ1) is 14.5. The standard InChI is InChI=1S/C24H29NO5/c1-3-29-20-12-14(8-10-18(20)26)22-16-6-5-7-17(24(16)28)23(25-22)15-9-11-19(27)21(13-15)30-4-2/h8-13,16-17,22-23,25-27H,3-7H2,1-2H3/t16-,17+,22+,23-. The number of nitrogens with one attached hydrogen (secondary N) is 1. The van der Waals surface area contributed by atoms with Crippen LogP contribution in [0.1, 0.15) is 56.3 Å². The van der Waals surface area contributed by atoms with Gasteiger partial charge in [-0.3, -0.25) is 4.79 Å². The van der Waals surface area contributed by atoms with Gasteiger partial charge in [0.05, 0.1) is 13.2 Å². The van der Waals surface area contributed by atoms with Gasteiger partial charge in [-0.25, -0.2) is 0 Å². The lowest BCUT2D eigenvalue weighted by Crippen LogP contribution is -2.50. The van der Waals surface area contributed by atoms with Gasteiger partial charge in [-0.15, -0.1) is 0 Å². The van der Waals surface area contributed by atoms with Gasteiger partial charge in [0, 0.05) is 23.9 Å². The molecule has 3 N–H and O–H groups in total. The number of rotatable bonds is 6. The van der Waals surface area contributed by atoms with Crippen LogP contribution in [0.5, 0.6) is 23.0 Å². The Hall–Kier alpha value is -2.73. The van der Waals surface area contributed by atoms with Crippen molar-refractivity contribution in [2.75, 3.05) is 13.2 Å². The summed E-state index contributed by atoms with van der Waals surface area (Å²) in [4.78, 5) is 13.3. The summed E-state index contributed by atoms with van der Waals surface area (Å²) in [5, 5.41) is 23.9. The summed E-state index contributed by atoms with van der Waals surface area (Å²) in [6.07, 6.45) is 2.71. The van der Waals surface area contributed by atoms with Gasteiger partial charge in [-0.1, -0.05) is 18.6 Å². The first-order valence-electron chi connectivity index (χ1n) is 10.7. The van der Waals surface area contributed by atoms with Crippen molar-refractivity contribution in [2.45, 2.75) is 45.2 Å². The van der Waals surface area contributed by atoms with E-state index >= 15 is 0 Å². The smallest absolute Gasteiger partial charge is 0.161 e. The molecule has 30 heavy (non-hydrogen) atoms. The molecule has 2 bridgehead atoms. The fraction of sp³-hybridized carbons (Fsp3) is 0.458. The Morgan fingerprint density at radius 2 is 1.33 bits per heavy atom. The van der Waals surface area contributed by atoms with Crippen molar-refractivity contribution in [1.29, 1.82) is 0 Å². The van der Waals surface area contributed by atoms with Crippen molar-refractivity contribution in [1.82, 2.24) is 5.32 Å². The van der Waals surface area contributed by atoms with Crippen LogP contribution in [0.15, 0.2) is 36.4 Å². The molecule has 0 spiro atoms. The van der Waals surface area contributed by atoms with E-state index in [1.54, 1.807) is 12.1 Å². The van der Waals surface area contributed by atoms with Gasteiger partial charge in [0.25, 0.3) is 0 Å². The number of aromatic hydroxyl groups is 2. The number of phenols is 2. The maximum Gasteiger partial charge on any atom is 0.161 e. The second-order valence-corrected chi connectivity index (χ2v) is 7.99. The minimum atomic E-state index is -0.164. The Bertz CT molecular complexity index is 856. The number of ketones is 1. The molecular weight excluding hydrogens is 382 g/mol. The van der Waals surface area contributed by atoms with Crippen molar-refractivity contribution in [3.63, 3.8) is 0 Å². The monoisotopic (exact) mass is 411 g/mol. The molecule has 0 radical (unpaired) electrons. The number of hydrogen-bond acceptors (Lipinski definition) is 6. The molecule has 2 aromatic carbocycles. The molecule has 160 valence electrons. The molecule has 1 saturated heterocycles. The van der Waals surface area contributed by atoms with Crippen LogP contribution in [0.25, 0.3) is 0 Å². The number of carbonyl (C=O) groups is 1. The van der Waals surface area contributed by atoms with Crippen LogP contribution in [0.3, 0.4) is 0 Å². The molecule has 1 aliphatic heterocycles. The normalized spacial score (nSPS) is 25.7. The zero-order valence-corrected chi connectivity index (χ0v) is 17.4. The van der Waals surface area contributed by atoms with Crippen molar-refractivity contribution >= 4 is 5.78 Å². The van der Waals surface area contributed by atoms with Gasteiger partial charge in [-0.05, 0) is 62.1 Å². The summed E-state index contributed by atoms with van der Waals surface area (Å²) in [5.74, 6) is 1.16. The lowest BCUT2D eigenvalue weighted by Gasteiger charge is -2.45. The van der Waals surface area contributed by atoms with Crippen LogP contribution in [-0.2, 0) is 4.79 Å². The molecule has 1 aliphatic carbocycles. The molecule has 1 saturated carbocycles. The maximum absolute atomic E-state index is 13.3. The molecule has 1 heterocycles. The van der Waals surface area contributed by atoms with Crippen LogP contribution in [0.4, 0.5) is 0 Å². The van der Waals surface area contributed by atoms with Crippen molar-refractivity contribution < 1.29 is 24.5 Å². The Kier molecular flexibility index (Phi) is 5.86. The number of hydrogen-bond donors (Lipinski definition) is 3. The van der Waals surface area contributed by atoms with Gasteiger partial charge in [0.2, 0.25) is 0 Å². The second kappa shape index (κ2) is 8.56. The molecule has 4 atom stereocenters. The first-order valence-corrected chi connectivity index (χ1v) is 10.7. The molecule has 0 unspecified atom stereocenters. The fourth-order valence-electron chi connectivity index (χ4n) is 4.85. The van der Waals surface area contributed by atoms with E-state index < -0.39 is 0 Å². The zero-order chi connectivity index (χ0) is 21.3. The number of carbonyl (C=O) groups excluding carboxylic acids is 1. The maximum atomic E-state index is 13.3. The number of fused-ring (bicyclic) bond motifs is 2. The van der Waals surface area contributed by atoms with Gasteiger partial charge in [0.15, 0.2) is 23.0 Å². The molecule has 6 heteroatoms. The Morgan fingerprint density at radius 3 is 1.77 bits per heavy atom. The van der Waals surface area contributed by atoms with E-state index in [4.69, 9.17) is 9.47 Å². The average molecular weight is 411 g/mol. The molecule has 2 fully saturated rings. The highest BCUT2D eigenvalue weighted by Gasteiger charge is 2.46. The predicted molar refractivity (Wildman–Crippen MR) is 113 cm³/mol. The Balaban J connectivity index is 1.71. The lowest BCUT2D eigenvalue weighted by molar-refractivity contribution is -0.135. The summed E-state index contributed by atoms with van der Waals surface area (Å²) < 4.78 is 11.1. The Labute approximate surface area is 176 Å². The molecule has 0 aromatic heterocycles. The molecule has 2 aliphatic rings. The number of phenolic OH excluding ortho intramolecular Hbond substituents is 2. The minimum absolute atomic E-state index is 0.0949.